The minimum Gasteiger partial charge on any atom is -0.434 e. The van der Waals surface area contributed by atoms with Gasteiger partial charge >= 0.3 is 6.61 Å². The largest absolute Gasteiger partial charge is 0.434 e. The van der Waals surface area contributed by atoms with Crippen LogP contribution in [0.5, 0.6) is 5.75 Å². The number of hydrogen-bond acceptors (Lipinski definition) is 3. The van der Waals surface area contributed by atoms with Crippen molar-refractivity contribution in [3.05, 3.63) is 28.8 Å². The number of alkyl halides is 2. The summed E-state index contributed by atoms with van der Waals surface area (Å²) in [5.74, 6) is -0.328. The van der Waals surface area contributed by atoms with Crippen LogP contribution in [-0.4, -0.2) is 37.1 Å². The first kappa shape index (κ1) is 18.6. The van der Waals surface area contributed by atoms with Crippen molar-refractivity contribution in [2.24, 2.45) is 11.7 Å². The monoisotopic (exact) mass is 334 g/mol. The quantitative estimate of drug-likeness (QED) is 0.831. The molecular weight excluding hydrogens is 314 g/mol. The highest BCUT2D eigenvalue weighted by molar-refractivity contribution is 6.31. The molecule has 4 nitrogen and oxygen atoms in total. The molecule has 0 aliphatic carbocycles. The average Bonchev–Trinajstić information content (AvgIpc) is 2.44. The number of benzene rings is 1. The lowest BCUT2D eigenvalue weighted by Crippen LogP contribution is -2.34. The zero-order chi connectivity index (χ0) is 16.9. The standard InChI is InChI=1S/C15H21ClF2N2O2/c1-9(2)12(19)6-7-20(3)14(21)11-8-10(16)4-5-13(11)22-15(17)18/h4-5,8-9,12,15H,6-7,19H2,1-3H3. The predicted molar refractivity (Wildman–Crippen MR) is 82.5 cm³/mol. The Kier molecular flexibility index (Phi) is 7.03. The molecule has 0 aliphatic heterocycles. The van der Waals surface area contributed by atoms with Crippen LogP contribution < -0.4 is 10.5 Å². The highest BCUT2D eigenvalue weighted by Gasteiger charge is 2.20. The van der Waals surface area contributed by atoms with Gasteiger partial charge in [-0.3, -0.25) is 4.79 Å². The van der Waals surface area contributed by atoms with E-state index in [4.69, 9.17) is 17.3 Å². The number of amides is 1. The van der Waals surface area contributed by atoms with Crippen LogP contribution in [0.15, 0.2) is 18.2 Å². The second kappa shape index (κ2) is 8.29. The van der Waals surface area contributed by atoms with Gasteiger partial charge in [-0.25, -0.2) is 0 Å². The van der Waals surface area contributed by atoms with Crippen molar-refractivity contribution in [1.29, 1.82) is 0 Å². The van der Waals surface area contributed by atoms with Crippen LogP contribution in [0.2, 0.25) is 5.02 Å². The maximum Gasteiger partial charge on any atom is 0.387 e. The fourth-order valence-corrected chi connectivity index (χ4v) is 2.02. The maximum absolute atomic E-state index is 12.4. The number of carbonyl (C=O) groups excluding carboxylic acids is 1. The van der Waals surface area contributed by atoms with Crippen molar-refractivity contribution in [1.82, 2.24) is 4.90 Å². The van der Waals surface area contributed by atoms with Gasteiger partial charge in [0.2, 0.25) is 0 Å². The number of rotatable bonds is 7. The minimum absolute atomic E-state index is 0.00779. The Hall–Kier alpha value is -1.40. The first-order valence-corrected chi connectivity index (χ1v) is 7.35. The zero-order valence-electron chi connectivity index (χ0n) is 12.9. The fourth-order valence-electron chi connectivity index (χ4n) is 1.85. The molecule has 0 aromatic heterocycles. The van der Waals surface area contributed by atoms with E-state index >= 15 is 0 Å². The Bertz CT molecular complexity index is 512. The fraction of sp³-hybridized carbons (Fsp3) is 0.533. The van der Waals surface area contributed by atoms with Gasteiger partial charge in [-0.15, -0.1) is 0 Å². The predicted octanol–water partition coefficient (Wildman–Crippen LogP) is 3.39. The molecule has 1 rings (SSSR count). The molecule has 0 aliphatic rings. The van der Waals surface area contributed by atoms with E-state index in [1.54, 1.807) is 7.05 Å². The highest BCUT2D eigenvalue weighted by atomic mass is 35.5. The van der Waals surface area contributed by atoms with Crippen molar-refractivity contribution >= 4 is 17.5 Å². The van der Waals surface area contributed by atoms with E-state index in [-0.39, 0.29) is 22.4 Å². The van der Waals surface area contributed by atoms with Gasteiger partial charge < -0.3 is 15.4 Å². The number of hydrogen-bond donors (Lipinski definition) is 1. The van der Waals surface area contributed by atoms with Crippen LogP contribution in [0.1, 0.15) is 30.6 Å². The van der Waals surface area contributed by atoms with Gasteiger partial charge in [0.25, 0.3) is 5.91 Å². The van der Waals surface area contributed by atoms with Gasteiger partial charge in [0.15, 0.2) is 0 Å². The molecule has 0 bridgehead atoms. The highest BCUT2D eigenvalue weighted by Crippen LogP contribution is 2.25. The molecule has 0 fully saturated rings. The first-order valence-electron chi connectivity index (χ1n) is 6.97. The molecule has 1 aromatic carbocycles. The summed E-state index contributed by atoms with van der Waals surface area (Å²) in [6.07, 6.45) is 0.617. The molecule has 1 unspecified atom stereocenters. The first-order chi connectivity index (χ1) is 10.2. The Morgan fingerprint density at radius 3 is 2.59 bits per heavy atom. The third-order valence-electron chi connectivity index (χ3n) is 3.39. The smallest absolute Gasteiger partial charge is 0.387 e. The summed E-state index contributed by atoms with van der Waals surface area (Å²) in [4.78, 5) is 13.8. The molecule has 0 saturated carbocycles. The summed E-state index contributed by atoms with van der Waals surface area (Å²) in [5.41, 5.74) is 5.95. The van der Waals surface area contributed by atoms with E-state index in [0.29, 0.717) is 18.9 Å². The summed E-state index contributed by atoms with van der Waals surface area (Å²) in [5, 5.41) is 0.275. The van der Waals surface area contributed by atoms with E-state index in [9.17, 15) is 13.6 Å². The number of ether oxygens (including phenoxy) is 1. The van der Waals surface area contributed by atoms with Crippen LogP contribution >= 0.6 is 11.6 Å². The molecule has 7 heteroatoms. The third-order valence-corrected chi connectivity index (χ3v) is 3.62. The lowest BCUT2D eigenvalue weighted by molar-refractivity contribution is -0.0502. The topological polar surface area (TPSA) is 55.6 Å². The molecule has 0 radical (unpaired) electrons. The molecule has 0 heterocycles. The summed E-state index contributed by atoms with van der Waals surface area (Å²) in [7, 11) is 1.59. The van der Waals surface area contributed by atoms with E-state index < -0.39 is 12.5 Å². The molecule has 0 spiro atoms. The number of nitrogens with zero attached hydrogens (tertiary/aromatic N) is 1. The molecule has 1 atom stereocenters. The minimum atomic E-state index is -3.01. The van der Waals surface area contributed by atoms with Gasteiger partial charge in [-0.05, 0) is 30.5 Å². The van der Waals surface area contributed by atoms with Gasteiger partial charge in [0.05, 0.1) is 5.56 Å². The van der Waals surface area contributed by atoms with E-state index in [0.717, 1.165) is 0 Å². The molecular formula is C15H21ClF2N2O2. The molecule has 22 heavy (non-hydrogen) atoms. The van der Waals surface area contributed by atoms with Gasteiger partial charge in [-0.1, -0.05) is 25.4 Å². The normalized spacial score (nSPS) is 12.6. The molecule has 1 aromatic rings. The van der Waals surface area contributed by atoms with Gasteiger partial charge in [0, 0.05) is 24.7 Å². The second-order valence-electron chi connectivity index (χ2n) is 5.44. The van der Waals surface area contributed by atoms with Crippen molar-refractivity contribution in [3.63, 3.8) is 0 Å². The second-order valence-corrected chi connectivity index (χ2v) is 5.88. The van der Waals surface area contributed by atoms with E-state index in [1.165, 1.54) is 23.1 Å². The molecule has 0 saturated heterocycles. The van der Waals surface area contributed by atoms with Crippen LogP contribution in [0.25, 0.3) is 0 Å². The Morgan fingerprint density at radius 1 is 1.41 bits per heavy atom. The summed E-state index contributed by atoms with van der Waals surface area (Å²) >= 11 is 5.84. The summed E-state index contributed by atoms with van der Waals surface area (Å²) in [6.45, 7) is 1.40. The van der Waals surface area contributed by atoms with Crippen LogP contribution in [0.3, 0.4) is 0 Å². The lowest BCUT2D eigenvalue weighted by atomic mass is 10.0. The maximum atomic E-state index is 12.4. The van der Waals surface area contributed by atoms with E-state index in [1.807, 2.05) is 13.8 Å². The molecule has 1 amide bonds. The molecule has 124 valence electrons. The van der Waals surface area contributed by atoms with Crippen LogP contribution in [0, 0.1) is 5.92 Å². The average molecular weight is 335 g/mol. The van der Waals surface area contributed by atoms with Crippen molar-refractivity contribution in [2.75, 3.05) is 13.6 Å². The van der Waals surface area contributed by atoms with Gasteiger partial charge in [0.1, 0.15) is 5.75 Å². The molecule has 2 N–H and O–H groups in total. The number of halogens is 3. The lowest BCUT2D eigenvalue weighted by Gasteiger charge is -2.22. The SMILES string of the molecule is CC(C)C(N)CCN(C)C(=O)c1cc(Cl)ccc1OC(F)F. The van der Waals surface area contributed by atoms with Crippen molar-refractivity contribution in [3.8, 4) is 5.75 Å². The Morgan fingerprint density at radius 2 is 2.05 bits per heavy atom. The van der Waals surface area contributed by atoms with E-state index in [2.05, 4.69) is 4.74 Å². The van der Waals surface area contributed by atoms with Gasteiger partial charge in [-0.2, -0.15) is 8.78 Å². The Labute approximate surface area is 134 Å². The van der Waals surface area contributed by atoms with Crippen LogP contribution in [-0.2, 0) is 0 Å². The number of carbonyl (C=O) groups is 1. The van der Waals surface area contributed by atoms with Crippen LogP contribution in [0.4, 0.5) is 8.78 Å². The Balaban J connectivity index is 2.84. The summed E-state index contributed by atoms with van der Waals surface area (Å²) in [6, 6.07) is 3.94. The zero-order valence-corrected chi connectivity index (χ0v) is 13.6. The van der Waals surface area contributed by atoms with Crippen molar-refractivity contribution in [2.45, 2.75) is 32.9 Å². The summed E-state index contributed by atoms with van der Waals surface area (Å²) < 4.78 is 29.2. The number of nitrogens with two attached hydrogens (primary N) is 1. The third kappa shape index (κ3) is 5.42. The van der Waals surface area contributed by atoms with Crippen molar-refractivity contribution < 1.29 is 18.3 Å².